The molecule has 2 N–H and O–H groups in total. The van der Waals surface area contributed by atoms with Crippen LogP contribution in [0.2, 0.25) is 0 Å². The van der Waals surface area contributed by atoms with Gasteiger partial charge in [-0.1, -0.05) is 11.8 Å². The lowest BCUT2D eigenvalue weighted by Gasteiger charge is -2.32. The number of piperidine rings is 1. The van der Waals surface area contributed by atoms with E-state index >= 15 is 0 Å². The third-order valence-electron chi connectivity index (χ3n) is 4.54. The van der Waals surface area contributed by atoms with E-state index in [0.717, 1.165) is 12.8 Å². The standard InChI is InChI=1S/C17H23N5O3S/c1-3-22-15(13-7-5-9-25-13)19-20-17(22)26-11(2)16(24)21-8-4-6-12(10-21)14(18)23/h5,7,9,11-12H,3-4,6,8,10H2,1-2H3,(H2,18,23). The molecule has 140 valence electrons. The predicted octanol–water partition coefficient (Wildman–Crippen LogP) is 1.76. The minimum Gasteiger partial charge on any atom is -0.461 e. The van der Waals surface area contributed by atoms with Gasteiger partial charge in [0.1, 0.15) is 0 Å². The number of nitrogens with two attached hydrogens (primary N) is 1. The van der Waals surface area contributed by atoms with Gasteiger partial charge >= 0.3 is 0 Å². The second-order valence-electron chi connectivity index (χ2n) is 6.31. The van der Waals surface area contributed by atoms with E-state index in [4.69, 9.17) is 10.2 Å². The number of nitrogens with zero attached hydrogens (tertiary/aromatic N) is 4. The van der Waals surface area contributed by atoms with Crippen molar-refractivity contribution in [1.29, 1.82) is 0 Å². The number of likely N-dealkylation sites (tertiary alicyclic amines) is 1. The molecule has 2 aromatic rings. The van der Waals surface area contributed by atoms with E-state index < -0.39 is 0 Å². The molecule has 0 spiro atoms. The first-order valence-corrected chi connectivity index (χ1v) is 9.61. The largest absolute Gasteiger partial charge is 0.461 e. The molecule has 0 aromatic carbocycles. The molecule has 2 atom stereocenters. The number of furan rings is 1. The number of carbonyl (C=O) groups is 2. The summed E-state index contributed by atoms with van der Waals surface area (Å²) in [6.07, 6.45) is 3.14. The summed E-state index contributed by atoms with van der Waals surface area (Å²) in [5.41, 5.74) is 5.40. The van der Waals surface area contributed by atoms with Crippen molar-refractivity contribution in [3.63, 3.8) is 0 Å². The van der Waals surface area contributed by atoms with Gasteiger partial charge in [-0.2, -0.15) is 0 Å². The first kappa shape index (κ1) is 18.5. The summed E-state index contributed by atoms with van der Waals surface area (Å²) in [4.78, 5) is 25.9. The lowest BCUT2D eigenvalue weighted by molar-refractivity contribution is -0.134. The van der Waals surface area contributed by atoms with Crippen LogP contribution in [0.4, 0.5) is 0 Å². The molecule has 8 nitrogen and oxygen atoms in total. The van der Waals surface area contributed by atoms with Crippen LogP contribution in [0.25, 0.3) is 11.6 Å². The normalized spacial score (nSPS) is 18.7. The van der Waals surface area contributed by atoms with Gasteiger partial charge in [-0.15, -0.1) is 10.2 Å². The molecule has 0 aliphatic carbocycles. The number of amides is 2. The van der Waals surface area contributed by atoms with Crippen LogP contribution in [0.3, 0.4) is 0 Å². The second kappa shape index (κ2) is 7.94. The van der Waals surface area contributed by atoms with Crippen LogP contribution in [0.1, 0.15) is 26.7 Å². The average Bonchev–Trinajstić information content (AvgIpc) is 3.30. The summed E-state index contributed by atoms with van der Waals surface area (Å²) in [6, 6.07) is 3.63. The van der Waals surface area contributed by atoms with Gasteiger partial charge in [-0.3, -0.25) is 14.2 Å². The number of rotatable bonds is 6. The highest BCUT2D eigenvalue weighted by atomic mass is 32.2. The molecule has 1 saturated heterocycles. The molecule has 0 bridgehead atoms. The van der Waals surface area contributed by atoms with Gasteiger partial charge in [0.25, 0.3) is 0 Å². The van der Waals surface area contributed by atoms with E-state index in [9.17, 15) is 9.59 Å². The van der Waals surface area contributed by atoms with E-state index in [1.54, 1.807) is 17.2 Å². The molecule has 9 heteroatoms. The third-order valence-corrected chi connectivity index (χ3v) is 5.61. The maximum absolute atomic E-state index is 12.8. The monoisotopic (exact) mass is 377 g/mol. The third kappa shape index (κ3) is 3.77. The van der Waals surface area contributed by atoms with Crippen molar-refractivity contribution in [2.24, 2.45) is 11.7 Å². The number of primary amides is 1. The van der Waals surface area contributed by atoms with Crippen LogP contribution in [0.15, 0.2) is 28.0 Å². The molecular weight excluding hydrogens is 354 g/mol. The Bertz CT molecular complexity index is 773. The molecule has 0 saturated carbocycles. The summed E-state index contributed by atoms with van der Waals surface area (Å²) >= 11 is 1.36. The van der Waals surface area contributed by atoms with E-state index in [-0.39, 0.29) is 23.0 Å². The maximum Gasteiger partial charge on any atom is 0.235 e. The Hall–Kier alpha value is -2.29. The van der Waals surface area contributed by atoms with Crippen LogP contribution >= 0.6 is 11.8 Å². The molecule has 2 aromatic heterocycles. The Balaban J connectivity index is 1.70. The fraction of sp³-hybridized carbons (Fsp3) is 0.529. The summed E-state index contributed by atoms with van der Waals surface area (Å²) in [5, 5.41) is 8.76. The number of thioether (sulfide) groups is 1. The quantitative estimate of drug-likeness (QED) is 0.769. The van der Waals surface area contributed by atoms with Crippen molar-refractivity contribution in [3.05, 3.63) is 18.4 Å². The fourth-order valence-electron chi connectivity index (χ4n) is 3.12. The van der Waals surface area contributed by atoms with Gasteiger partial charge in [-0.25, -0.2) is 0 Å². The number of hydrogen-bond acceptors (Lipinski definition) is 6. The van der Waals surface area contributed by atoms with Crippen molar-refractivity contribution in [2.45, 2.75) is 43.6 Å². The highest BCUT2D eigenvalue weighted by molar-refractivity contribution is 8.00. The topological polar surface area (TPSA) is 107 Å². The zero-order valence-corrected chi connectivity index (χ0v) is 15.7. The number of carbonyl (C=O) groups excluding carboxylic acids is 2. The van der Waals surface area contributed by atoms with Crippen LogP contribution in [0, 0.1) is 5.92 Å². The molecule has 1 aliphatic rings. The molecule has 1 fully saturated rings. The van der Waals surface area contributed by atoms with Crippen LogP contribution < -0.4 is 5.73 Å². The first-order valence-electron chi connectivity index (χ1n) is 8.73. The Kier molecular flexibility index (Phi) is 5.65. The maximum atomic E-state index is 12.8. The van der Waals surface area contributed by atoms with Gasteiger partial charge < -0.3 is 15.1 Å². The number of hydrogen-bond donors (Lipinski definition) is 1. The summed E-state index contributed by atoms with van der Waals surface area (Å²) in [7, 11) is 0. The van der Waals surface area contributed by atoms with Crippen LogP contribution in [-0.4, -0.2) is 49.8 Å². The van der Waals surface area contributed by atoms with Gasteiger partial charge in [0, 0.05) is 19.6 Å². The summed E-state index contributed by atoms with van der Waals surface area (Å²) in [5.74, 6) is 0.689. The van der Waals surface area contributed by atoms with E-state index in [0.29, 0.717) is 36.4 Å². The molecule has 3 rings (SSSR count). The highest BCUT2D eigenvalue weighted by Crippen LogP contribution is 2.28. The van der Waals surface area contributed by atoms with Gasteiger partial charge in [-0.05, 0) is 38.8 Å². The molecule has 2 unspecified atom stereocenters. The van der Waals surface area contributed by atoms with Gasteiger partial charge in [0.2, 0.25) is 11.8 Å². The summed E-state index contributed by atoms with van der Waals surface area (Å²) in [6.45, 7) is 5.57. The lowest BCUT2D eigenvalue weighted by Crippen LogP contribution is -2.46. The van der Waals surface area contributed by atoms with E-state index in [1.165, 1.54) is 11.8 Å². The SMILES string of the molecule is CCn1c(SC(C)C(=O)N2CCCC(C(N)=O)C2)nnc1-c1ccco1. The van der Waals surface area contributed by atoms with Crippen molar-refractivity contribution >= 4 is 23.6 Å². The zero-order valence-electron chi connectivity index (χ0n) is 14.9. The lowest BCUT2D eigenvalue weighted by atomic mass is 9.97. The van der Waals surface area contributed by atoms with Gasteiger partial charge in [0.15, 0.2) is 16.7 Å². The van der Waals surface area contributed by atoms with Crippen LogP contribution in [0.5, 0.6) is 0 Å². The minimum atomic E-state index is -0.336. The number of aromatic nitrogens is 3. The average molecular weight is 377 g/mol. The Morgan fingerprint density at radius 2 is 2.27 bits per heavy atom. The van der Waals surface area contributed by atoms with Crippen LogP contribution in [-0.2, 0) is 16.1 Å². The Morgan fingerprint density at radius 1 is 1.46 bits per heavy atom. The highest BCUT2D eigenvalue weighted by Gasteiger charge is 2.30. The van der Waals surface area contributed by atoms with Crippen molar-refractivity contribution in [1.82, 2.24) is 19.7 Å². The molecule has 3 heterocycles. The fourth-order valence-corrected chi connectivity index (χ4v) is 4.12. The zero-order chi connectivity index (χ0) is 18.7. The minimum absolute atomic E-state index is 0.00819. The summed E-state index contributed by atoms with van der Waals surface area (Å²) < 4.78 is 7.33. The predicted molar refractivity (Wildman–Crippen MR) is 97.2 cm³/mol. The van der Waals surface area contributed by atoms with Crippen molar-refractivity contribution in [2.75, 3.05) is 13.1 Å². The smallest absolute Gasteiger partial charge is 0.235 e. The molecule has 2 amide bonds. The van der Waals surface area contributed by atoms with Gasteiger partial charge in [0.05, 0.1) is 17.4 Å². The molecule has 1 aliphatic heterocycles. The van der Waals surface area contributed by atoms with Crippen molar-refractivity contribution in [3.8, 4) is 11.6 Å². The first-order chi connectivity index (χ1) is 12.5. The molecule has 0 radical (unpaired) electrons. The molecule has 26 heavy (non-hydrogen) atoms. The van der Waals surface area contributed by atoms with E-state index in [2.05, 4.69) is 10.2 Å². The van der Waals surface area contributed by atoms with Crippen molar-refractivity contribution < 1.29 is 14.0 Å². The molecular formula is C17H23N5O3S. The Morgan fingerprint density at radius 3 is 2.92 bits per heavy atom. The second-order valence-corrected chi connectivity index (χ2v) is 7.62. The van der Waals surface area contributed by atoms with E-state index in [1.807, 2.05) is 24.5 Å². The Labute approximate surface area is 156 Å².